The third-order valence-corrected chi connectivity index (χ3v) is 12.3. The van der Waals surface area contributed by atoms with Gasteiger partial charge in [0.2, 0.25) is 0 Å². The summed E-state index contributed by atoms with van der Waals surface area (Å²) in [5.74, 6) is 4.81. The van der Waals surface area contributed by atoms with Crippen LogP contribution in [0.25, 0.3) is 0 Å². The van der Waals surface area contributed by atoms with Crippen LogP contribution >= 0.6 is 0 Å². The summed E-state index contributed by atoms with van der Waals surface area (Å²) < 4.78 is 0. The molecule has 6 aliphatic rings. The first-order valence-electron chi connectivity index (χ1n) is 19.9. The first kappa shape index (κ1) is 38.3. The topological polar surface area (TPSA) is 51.2 Å². The van der Waals surface area contributed by atoms with Crippen LogP contribution in [0.3, 0.4) is 0 Å². The number of carbonyl (C=O) groups is 3. The molecule has 0 radical (unpaired) electrons. The minimum Gasteiger partial charge on any atom is -0.299 e. The van der Waals surface area contributed by atoms with Crippen molar-refractivity contribution in [2.24, 2.45) is 29.6 Å². The summed E-state index contributed by atoms with van der Waals surface area (Å²) in [7, 11) is 0. The van der Waals surface area contributed by atoms with Gasteiger partial charge < -0.3 is 0 Å². The molecule has 48 heavy (non-hydrogen) atoms. The Morgan fingerprint density at radius 1 is 0.583 bits per heavy atom. The fraction of sp³-hybridized carbons (Fsp3) is 0.667. The van der Waals surface area contributed by atoms with Crippen molar-refractivity contribution >= 4 is 17.3 Å². The Labute approximate surface area is 293 Å². The van der Waals surface area contributed by atoms with E-state index < -0.39 is 0 Å². The quantitative estimate of drug-likeness (QED) is 0.197. The second-order valence-electron chi connectivity index (χ2n) is 15.6. The molecule has 0 aromatic rings. The molecule has 5 atom stereocenters. The molecule has 0 spiro atoms. The monoisotopic (exact) mass is 655 g/mol. The van der Waals surface area contributed by atoms with Gasteiger partial charge in [-0.05, 0) is 150 Å². The largest absolute Gasteiger partial charge is 0.299 e. The molecule has 2 saturated carbocycles. The smallest absolute Gasteiger partial charge is 0.158 e. The molecule has 3 nitrogen and oxygen atoms in total. The highest BCUT2D eigenvalue weighted by atomic mass is 16.1. The molecule has 0 aromatic heterocycles. The van der Waals surface area contributed by atoms with Crippen molar-refractivity contribution < 1.29 is 14.4 Å². The van der Waals surface area contributed by atoms with Gasteiger partial charge in [0.15, 0.2) is 11.6 Å². The van der Waals surface area contributed by atoms with Gasteiger partial charge in [0.05, 0.1) is 0 Å². The summed E-state index contributed by atoms with van der Waals surface area (Å²) in [6.45, 7) is 11.0. The fourth-order valence-corrected chi connectivity index (χ4v) is 9.32. The average molecular weight is 655 g/mol. The van der Waals surface area contributed by atoms with Gasteiger partial charge in [0, 0.05) is 25.2 Å². The molecule has 5 unspecified atom stereocenters. The average Bonchev–Trinajstić information content (AvgIpc) is 3.14. The van der Waals surface area contributed by atoms with Crippen LogP contribution in [0.2, 0.25) is 0 Å². The van der Waals surface area contributed by atoms with E-state index in [0.29, 0.717) is 48.4 Å². The van der Waals surface area contributed by atoms with Gasteiger partial charge in [-0.1, -0.05) is 67.2 Å². The van der Waals surface area contributed by atoms with E-state index in [0.717, 1.165) is 80.3 Å². The molecule has 0 heterocycles. The number of hydrogen-bond donors (Lipinski definition) is 0. The third kappa shape index (κ3) is 11.8. The minimum absolute atomic E-state index is 0.330. The van der Waals surface area contributed by atoms with E-state index in [1.807, 2.05) is 18.2 Å². The van der Waals surface area contributed by atoms with E-state index in [-0.39, 0.29) is 0 Å². The second kappa shape index (κ2) is 20.8. The van der Waals surface area contributed by atoms with Gasteiger partial charge in [-0.15, -0.1) is 19.7 Å². The molecule has 0 aromatic carbocycles. The van der Waals surface area contributed by atoms with E-state index in [4.69, 9.17) is 0 Å². The van der Waals surface area contributed by atoms with Gasteiger partial charge in [-0.25, -0.2) is 0 Å². The number of fused-ring (bicyclic) bond motifs is 2. The van der Waals surface area contributed by atoms with Crippen molar-refractivity contribution in [2.75, 3.05) is 0 Å². The van der Waals surface area contributed by atoms with Crippen molar-refractivity contribution in [3.63, 3.8) is 0 Å². The van der Waals surface area contributed by atoms with E-state index in [1.165, 1.54) is 89.9 Å². The van der Waals surface area contributed by atoms with Gasteiger partial charge >= 0.3 is 0 Å². The lowest BCUT2D eigenvalue weighted by molar-refractivity contribution is -0.123. The normalized spacial score (nSPS) is 27.8. The van der Waals surface area contributed by atoms with E-state index in [2.05, 4.69) is 31.9 Å². The highest BCUT2D eigenvalue weighted by Gasteiger charge is 2.31. The highest BCUT2D eigenvalue weighted by molar-refractivity contribution is 5.96. The summed E-state index contributed by atoms with van der Waals surface area (Å²) >= 11 is 0. The zero-order chi connectivity index (χ0) is 34.1. The number of rotatable bonds is 12. The van der Waals surface area contributed by atoms with Gasteiger partial charge in [-0.3, -0.25) is 14.4 Å². The van der Waals surface area contributed by atoms with Crippen molar-refractivity contribution in [1.29, 1.82) is 0 Å². The Balaban J connectivity index is 0.000000163. The molecule has 6 rings (SSSR count). The molecule has 0 saturated heterocycles. The summed E-state index contributed by atoms with van der Waals surface area (Å²) in [5.41, 5.74) is 5.56. The Morgan fingerprint density at radius 2 is 1.19 bits per heavy atom. The maximum absolute atomic E-state index is 12.0. The van der Waals surface area contributed by atoms with Crippen LogP contribution in [0, 0.1) is 29.6 Å². The maximum Gasteiger partial charge on any atom is 0.158 e. The zero-order valence-electron chi connectivity index (χ0n) is 30.3. The predicted octanol–water partition coefficient (Wildman–Crippen LogP) is 12.3. The van der Waals surface area contributed by atoms with Crippen LogP contribution in [-0.4, -0.2) is 17.3 Å². The lowest BCUT2D eigenvalue weighted by Gasteiger charge is -2.34. The molecular weight excluding hydrogens is 588 g/mol. The van der Waals surface area contributed by atoms with Crippen LogP contribution in [0.1, 0.15) is 161 Å². The number of hydrogen-bond acceptors (Lipinski definition) is 3. The highest BCUT2D eigenvalue weighted by Crippen LogP contribution is 2.42. The van der Waals surface area contributed by atoms with Crippen molar-refractivity contribution in [2.45, 2.75) is 161 Å². The van der Waals surface area contributed by atoms with Gasteiger partial charge in [0.1, 0.15) is 5.78 Å². The summed E-state index contributed by atoms with van der Waals surface area (Å²) in [6, 6.07) is 0. The Kier molecular flexibility index (Phi) is 16.6. The maximum atomic E-state index is 12.0. The van der Waals surface area contributed by atoms with Crippen LogP contribution in [0.5, 0.6) is 0 Å². The third-order valence-electron chi connectivity index (χ3n) is 12.3. The molecule has 0 amide bonds. The van der Waals surface area contributed by atoms with E-state index in [9.17, 15) is 14.4 Å². The number of ketones is 3. The lowest BCUT2D eigenvalue weighted by atomic mass is 9.70. The lowest BCUT2D eigenvalue weighted by Crippen LogP contribution is -2.24. The molecule has 2 fully saturated rings. The predicted molar refractivity (Wildman–Crippen MR) is 202 cm³/mol. The molecule has 264 valence electrons. The van der Waals surface area contributed by atoms with Gasteiger partial charge in [-0.2, -0.15) is 0 Å². The standard InChI is InChI=1S/3C15H22O/c3*1-2-3-8-15(16)14-10-9-12-6-4-5-7-13(12)11-14/h2,14H,1,3-11H2;2,11-13H,1,3-10H2;2,10,12-13H,1,3-9,11H2. The molecular formula is C45H66O3. The van der Waals surface area contributed by atoms with Gasteiger partial charge in [0.25, 0.3) is 0 Å². The summed E-state index contributed by atoms with van der Waals surface area (Å²) in [6.07, 6.45) is 38.6. The van der Waals surface area contributed by atoms with Crippen molar-refractivity contribution in [3.8, 4) is 0 Å². The van der Waals surface area contributed by atoms with Crippen LogP contribution in [0.15, 0.2) is 72.4 Å². The minimum atomic E-state index is 0.330. The SMILES string of the molecule is C=CCCC(=O)C1=CC2CCCCC2CC1.C=CCCC(=O)C1=CCC2CCCCC2C1.C=CCCC(=O)C1CCC2=C(CCCC2)C1. The molecule has 0 N–H and O–H groups in total. The molecule has 3 heteroatoms. The van der Waals surface area contributed by atoms with Crippen LogP contribution < -0.4 is 0 Å². The van der Waals surface area contributed by atoms with Crippen LogP contribution in [-0.2, 0) is 14.4 Å². The first-order valence-corrected chi connectivity index (χ1v) is 19.9. The summed E-state index contributed by atoms with van der Waals surface area (Å²) in [5, 5.41) is 0. The molecule has 0 bridgehead atoms. The Hall–Kier alpha value is -2.55. The number of carbonyl (C=O) groups excluding carboxylic acids is 3. The van der Waals surface area contributed by atoms with Crippen molar-refractivity contribution in [3.05, 3.63) is 72.4 Å². The van der Waals surface area contributed by atoms with E-state index in [1.54, 1.807) is 11.1 Å². The second-order valence-corrected chi connectivity index (χ2v) is 15.6. The van der Waals surface area contributed by atoms with Crippen molar-refractivity contribution in [1.82, 2.24) is 0 Å². The summed E-state index contributed by atoms with van der Waals surface area (Å²) in [4.78, 5) is 35.8. The molecule has 6 aliphatic carbocycles. The van der Waals surface area contributed by atoms with Crippen LogP contribution in [0.4, 0.5) is 0 Å². The Bertz CT molecular complexity index is 1210. The first-order chi connectivity index (χ1) is 23.4. The Morgan fingerprint density at radius 3 is 1.90 bits per heavy atom. The number of allylic oxidation sites excluding steroid dienone is 9. The van der Waals surface area contributed by atoms with E-state index >= 15 is 0 Å². The zero-order valence-corrected chi connectivity index (χ0v) is 30.3. The fourth-order valence-electron chi connectivity index (χ4n) is 9.32. The number of Topliss-reactive ketones (excluding diaryl/α,β-unsaturated/α-hetero) is 3. The molecule has 0 aliphatic heterocycles.